The van der Waals surface area contributed by atoms with Crippen LogP contribution in [0.25, 0.3) is 0 Å². The lowest BCUT2D eigenvalue weighted by Gasteiger charge is -2.11. The topological polar surface area (TPSA) is 63.2 Å². The van der Waals surface area contributed by atoms with E-state index in [4.69, 9.17) is 4.74 Å². The molecule has 3 aromatic rings. The first-order valence-electron chi connectivity index (χ1n) is 9.42. The minimum absolute atomic E-state index is 0.109. The molecule has 0 fully saturated rings. The molecule has 1 aromatic heterocycles. The van der Waals surface area contributed by atoms with Crippen LogP contribution < -0.4 is 15.4 Å². The largest absolute Gasteiger partial charge is 0.491 e. The maximum atomic E-state index is 12.4. The molecule has 144 valence electrons. The van der Waals surface area contributed by atoms with Crippen molar-refractivity contribution in [1.29, 1.82) is 0 Å². The first-order chi connectivity index (χ1) is 13.6. The number of amides is 1. The van der Waals surface area contributed by atoms with E-state index in [1.165, 1.54) is 5.56 Å². The van der Waals surface area contributed by atoms with Crippen LogP contribution in [0.1, 0.15) is 29.8 Å². The molecule has 5 nitrogen and oxygen atoms in total. The molecule has 0 aliphatic heterocycles. The summed E-state index contributed by atoms with van der Waals surface area (Å²) in [5.74, 6) is 1.33. The van der Waals surface area contributed by atoms with E-state index in [1.807, 2.05) is 56.3 Å². The highest BCUT2D eigenvalue weighted by atomic mass is 16.5. The van der Waals surface area contributed by atoms with Gasteiger partial charge in [0, 0.05) is 24.0 Å². The maximum absolute atomic E-state index is 12.4. The van der Waals surface area contributed by atoms with Gasteiger partial charge in [-0.1, -0.05) is 30.3 Å². The minimum atomic E-state index is -0.109. The lowest BCUT2D eigenvalue weighted by atomic mass is 10.1. The molecule has 0 aliphatic carbocycles. The number of hydrogen-bond acceptors (Lipinski definition) is 4. The van der Waals surface area contributed by atoms with Gasteiger partial charge in [0.05, 0.1) is 6.10 Å². The second kappa shape index (κ2) is 9.55. The third-order valence-electron chi connectivity index (χ3n) is 4.06. The van der Waals surface area contributed by atoms with Crippen LogP contribution in [0, 0.1) is 0 Å². The van der Waals surface area contributed by atoms with Crippen molar-refractivity contribution in [1.82, 2.24) is 10.3 Å². The average molecular weight is 375 g/mol. The van der Waals surface area contributed by atoms with Crippen LogP contribution in [0.15, 0.2) is 72.9 Å². The Bertz CT molecular complexity index is 893. The monoisotopic (exact) mass is 375 g/mol. The Morgan fingerprint density at radius 1 is 1.04 bits per heavy atom. The van der Waals surface area contributed by atoms with Gasteiger partial charge in [-0.3, -0.25) is 4.79 Å². The van der Waals surface area contributed by atoms with Gasteiger partial charge in [0.15, 0.2) is 0 Å². The zero-order valence-corrected chi connectivity index (χ0v) is 16.2. The second-order valence-electron chi connectivity index (χ2n) is 6.74. The van der Waals surface area contributed by atoms with Gasteiger partial charge in [-0.15, -0.1) is 0 Å². The predicted molar refractivity (Wildman–Crippen MR) is 112 cm³/mol. The molecule has 0 radical (unpaired) electrons. The summed E-state index contributed by atoms with van der Waals surface area (Å²) in [6, 6.07) is 21.2. The number of hydrogen-bond donors (Lipinski definition) is 2. The SMILES string of the molecule is CC(C)Oc1ccc(Nc2cc(C(=O)NCCc3ccccc3)ccn2)cc1. The molecule has 2 aromatic carbocycles. The first kappa shape index (κ1) is 19.4. The Balaban J connectivity index is 1.56. The summed E-state index contributed by atoms with van der Waals surface area (Å²) in [6.45, 7) is 4.57. The lowest BCUT2D eigenvalue weighted by molar-refractivity contribution is 0.0954. The van der Waals surface area contributed by atoms with Gasteiger partial charge in [0.1, 0.15) is 11.6 Å². The molecule has 0 saturated heterocycles. The third-order valence-corrected chi connectivity index (χ3v) is 4.06. The van der Waals surface area contributed by atoms with Crippen molar-refractivity contribution >= 4 is 17.4 Å². The summed E-state index contributed by atoms with van der Waals surface area (Å²) in [6.07, 6.45) is 2.57. The van der Waals surface area contributed by atoms with Crippen molar-refractivity contribution in [3.63, 3.8) is 0 Å². The van der Waals surface area contributed by atoms with Gasteiger partial charge in [0.25, 0.3) is 5.91 Å². The van der Waals surface area contributed by atoms with Crippen molar-refractivity contribution in [3.8, 4) is 5.75 Å². The van der Waals surface area contributed by atoms with E-state index in [-0.39, 0.29) is 12.0 Å². The molecular formula is C23H25N3O2. The molecule has 2 N–H and O–H groups in total. The average Bonchev–Trinajstić information content (AvgIpc) is 2.70. The summed E-state index contributed by atoms with van der Waals surface area (Å²) < 4.78 is 5.64. The Morgan fingerprint density at radius 3 is 2.50 bits per heavy atom. The van der Waals surface area contributed by atoms with Crippen molar-refractivity contribution in [2.75, 3.05) is 11.9 Å². The summed E-state index contributed by atoms with van der Waals surface area (Å²) in [4.78, 5) is 16.7. The van der Waals surface area contributed by atoms with Crippen molar-refractivity contribution in [3.05, 3.63) is 84.1 Å². The number of nitrogens with one attached hydrogen (secondary N) is 2. The molecular weight excluding hydrogens is 350 g/mol. The van der Waals surface area contributed by atoms with Gasteiger partial charge in [0.2, 0.25) is 0 Å². The molecule has 0 bridgehead atoms. The predicted octanol–water partition coefficient (Wildman–Crippen LogP) is 4.58. The normalized spacial score (nSPS) is 10.5. The fraction of sp³-hybridized carbons (Fsp3) is 0.217. The number of carbonyl (C=O) groups excluding carboxylic acids is 1. The summed E-state index contributed by atoms with van der Waals surface area (Å²) >= 11 is 0. The smallest absolute Gasteiger partial charge is 0.251 e. The summed E-state index contributed by atoms with van der Waals surface area (Å²) in [5.41, 5.74) is 2.65. The highest BCUT2D eigenvalue weighted by Gasteiger charge is 2.07. The van der Waals surface area contributed by atoms with E-state index in [0.29, 0.717) is 17.9 Å². The maximum Gasteiger partial charge on any atom is 0.251 e. The molecule has 0 saturated carbocycles. The van der Waals surface area contributed by atoms with Crippen molar-refractivity contribution in [2.24, 2.45) is 0 Å². The van der Waals surface area contributed by atoms with E-state index < -0.39 is 0 Å². The van der Waals surface area contributed by atoms with Crippen molar-refractivity contribution < 1.29 is 9.53 Å². The van der Waals surface area contributed by atoms with Crippen LogP contribution in [-0.2, 0) is 6.42 Å². The van der Waals surface area contributed by atoms with Crippen LogP contribution in [0.4, 0.5) is 11.5 Å². The zero-order chi connectivity index (χ0) is 19.8. The van der Waals surface area contributed by atoms with E-state index in [0.717, 1.165) is 17.9 Å². The highest BCUT2D eigenvalue weighted by Crippen LogP contribution is 2.20. The molecule has 1 amide bonds. The standard InChI is InChI=1S/C23H25N3O2/c1-17(2)28-21-10-8-20(9-11-21)26-22-16-19(13-15-24-22)23(27)25-14-12-18-6-4-3-5-7-18/h3-11,13,15-17H,12,14H2,1-2H3,(H,24,26)(H,25,27). The molecule has 0 spiro atoms. The Hall–Kier alpha value is -3.34. The third kappa shape index (κ3) is 5.84. The second-order valence-corrected chi connectivity index (χ2v) is 6.74. The van der Waals surface area contributed by atoms with Crippen LogP contribution in [-0.4, -0.2) is 23.5 Å². The number of nitrogens with zero attached hydrogens (tertiary/aromatic N) is 1. The number of carbonyl (C=O) groups is 1. The van der Waals surface area contributed by atoms with Gasteiger partial charge in [-0.05, 0) is 62.2 Å². The summed E-state index contributed by atoms with van der Waals surface area (Å²) in [5, 5.41) is 6.17. The lowest BCUT2D eigenvalue weighted by Crippen LogP contribution is -2.25. The number of pyridine rings is 1. The quantitative estimate of drug-likeness (QED) is 0.605. The Morgan fingerprint density at radius 2 is 1.79 bits per heavy atom. The number of rotatable bonds is 8. The fourth-order valence-corrected chi connectivity index (χ4v) is 2.74. The van der Waals surface area contributed by atoms with E-state index in [9.17, 15) is 4.79 Å². The highest BCUT2D eigenvalue weighted by molar-refractivity contribution is 5.94. The molecule has 28 heavy (non-hydrogen) atoms. The molecule has 0 aliphatic rings. The Kier molecular flexibility index (Phi) is 6.63. The van der Waals surface area contributed by atoms with Crippen LogP contribution in [0.5, 0.6) is 5.75 Å². The van der Waals surface area contributed by atoms with E-state index in [1.54, 1.807) is 18.3 Å². The van der Waals surface area contributed by atoms with Gasteiger partial charge >= 0.3 is 0 Å². The first-order valence-corrected chi connectivity index (χ1v) is 9.42. The molecule has 0 atom stereocenters. The fourth-order valence-electron chi connectivity index (χ4n) is 2.74. The van der Waals surface area contributed by atoms with Gasteiger partial charge < -0.3 is 15.4 Å². The van der Waals surface area contributed by atoms with Crippen molar-refractivity contribution in [2.45, 2.75) is 26.4 Å². The molecule has 5 heteroatoms. The van der Waals surface area contributed by atoms with Crippen LogP contribution >= 0.6 is 0 Å². The van der Waals surface area contributed by atoms with E-state index in [2.05, 4.69) is 27.8 Å². The number of anilines is 2. The van der Waals surface area contributed by atoms with E-state index >= 15 is 0 Å². The Labute approximate surface area is 165 Å². The number of benzene rings is 2. The van der Waals surface area contributed by atoms with Gasteiger partial charge in [-0.25, -0.2) is 4.98 Å². The summed E-state index contributed by atoms with van der Waals surface area (Å²) in [7, 11) is 0. The number of aromatic nitrogens is 1. The van der Waals surface area contributed by atoms with Gasteiger partial charge in [-0.2, -0.15) is 0 Å². The minimum Gasteiger partial charge on any atom is -0.491 e. The van der Waals surface area contributed by atoms with Crippen LogP contribution in [0.2, 0.25) is 0 Å². The molecule has 1 heterocycles. The van der Waals surface area contributed by atoms with Crippen LogP contribution in [0.3, 0.4) is 0 Å². The zero-order valence-electron chi connectivity index (χ0n) is 16.2. The molecule has 0 unspecified atom stereocenters. The molecule has 3 rings (SSSR count). The number of ether oxygens (including phenoxy) is 1.